The lowest BCUT2D eigenvalue weighted by Crippen LogP contribution is -2.16. The highest BCUT2D eigenvalue weighted by atomic mass is 16.5. The Bertz CT molecular complexity index is 904. The summed E-state index contributed by atoms with van der Waals surface area (Å²) in [5.74, 6) is 0.00848. The average molecular weight is 331 g/mol. The summed E-state index contributed by atoms with van der Waals surface area (Å²) in [6.45, 7) is 0. The van der Waals surface area contributed by atoms with Crippen molar-refractivity contribution >= 4 is 17.4 Å². The molecular formula is C21H17NO3. The van der Waals surface area contributed by atoms with Gasteiger partial charge in [-0.25, -0.2) is 0 Å². The van der Waals surface area contributed by atoms with Crippen LogP contribution < -0.4 is 10.1 Å². The van der Waals surface area contributed by atoms with Gasteiger partial charge in [-0.3, -0.25) is 9.59 Å². The van der Waals surface area contributed by atoms with Crippen LogP contribution >= 0.6 is 0 Å². The summed E-state index contributed by atoms with van der Waals surface area (Å²) in [5, 5.41) is 2.81. The summed E-state index contributed by atoms with van der Waals surface area (Å²) < 4.78 is 5.22. The van der Waals surface area contributed by atoms with Crippen molar-refractivity contribution in [2.75, 3.05) is 12.4 Å². The average Bonchev–Trinajstić information content (AvgIpc) is 2.68. The number of ketones is 1. The molecule has 0 spiro atoms. The van der Waals surface area contributed by atoms with E-state index >= 15 is 0 Å². The fourth-order valence-electron chi connectivity index (χ4n) is 2.56. The van der Waals surface area contributed by atoms with Crippen LogP contribution in [0, 0.1) is 0 Å². The van der Waals surface area contributed by atoms with Crippen molar-refractivity contribution in [1.29, 1.82) is 0 Å². The van der Waals surface area contributed by atoms with E-state index in [0.29, 0.717) is 28.1 Å². The Hall–Kier alpha value is -3.40. The Morgan fingerprint density at radius 1 is 0.760 bits per heavy atom. The van der Waals surface area contributed by atoms with Gasteiger partial charge in [0.25, 0.3) is 5.91 Å². The van der Waals surface area contributed by atoms with Crippen LogP contribution in [0.15, 0.2) is 78.9 Å². The molecule has 1 N–H and O–H groups in total. The topological polar surface area (TPSA) is 55.4 Å². The molecule has 0 unspecified atom stereocenters. The smallest absolute Gasteiger partial charge is 0.259 e. The van der Waals surface area contributed by atoms with Gasteiger partial charge in [-0.05, 0) is 24.3 Å². The van der Waals surface area contributed by atoms with Crippen LogP contribution in [0.25, 0.3) is 0 Å². The number of benzene rings is 3. The molecule has 0 saturated carbocycles. The number of carbonyl (C=O) groups excluding carboxylic acids is 2. The van der Waals surface area contributed by atoms with E-state index in [1.165, 1.54) is 7.11 Å². The number of hydrogen-bond acceptors (Lipinski definition) is 3. The predicted octanol–water partition coefficient (Wildman–Crippen LogP) is 4.18. The van der Waals surface area contributed by atoms with E-state index in [9.17, 15) is 9.59 Å². The van der Waals surface area contributed by atoms with E-state index in [4.69, 9.17) is 4.74 Å². The maximum absolute atomic E-state index is 12.7. The number of amides is 1. The second-order valence-corrected chi connectivity index (χ2v) is 5.40. The summed E-state index contributed by atoms with van der Waals surface area (Å²) in [6.07, 6.45) is 0. The van der Waals surface area contributed by atoms with Crippen molar-refractivity contribution in [3.05, 3.63) is 95.6 Å². The predicted molar refractivity (Wildman–Crippen MR) is 97.3 cm³/mol. The maximum Gasteiger partial charge on any atom is 0.259 e. The van der Waals surface area contributed by atoms with E-state index in [1.54, 1.807) is 60.7 Å². The van der Waals surface area contributed by atoms with Gasteiger partial charge in [0.05, 0.1) is 18.4 Å². The summed E-state index contributed by atoms with van der Waals surface area (Å²) in [5.41, 5.74) is 1.89. The van der Waals surface area contributed by atoms with Gasteiger partial charge in [0, 0.05) is 11.1 Å². The molecule has 0 atom stereocenters. The van der Waals surface area contributed by atoms with Crippen LogP contribution in [0.1, 0.15) is 26.3 Å². The van der Waals surface area contributed by atoms with Crippen molar-refractivity contribution < 1.29 is 14.3 Å². The van der Waals surface area contributed by atoms with Crippen LogP contribution in [-0.4, -0.2) is 18.8 Å². The maximum atomic E-state index is 12.7. The second-order valence-electron chi connectivity index (χ2n) is 5.40. The van der Waals surface area contributed by atoms with Gasteiger partial charge >= 0.3 is 0 Å². The van der Waals surface area contributed by atoms with Crippen molar-refractivity contribution in [2.24, 2.45) is 0 Å². The molecule has 4 nitrogen and oxygen atoms in total. The van der Waals surface area contributed by atoms with E-state index in [1.807, 2.05) is 18.2 Å². The van der Waals surface area contributed by atoms with Crippen LogP contribution in [0.2, 0.25) is 0 Å². The fourth-order valence-corrected chi connectivity index (χ4v) is 2.56. The molecule has 0 aliphatic carbocycles. The first-order valence-electron chi connectivity index (χ1n) is 7.84. The van der Waals surface area contributed by atoms with Crippen LogP contribution in [0.4, 0.5) is 5.69 Å². The Balaban J connectivity index is 1.91. The molecule has 3 aromatic rings. The van der Waals surface area contributed by atoms with Gasteiger partial charge in [0.1, 0.15) is 5.75 Å². The van der Waals surface area contributed by atoms with Gasteiger partial charge in [-0.2, -0.15) is 0 Å². The highest BCUT2D eigenvalue weighted by molar-refractivity contribution is 6.15. The molecule has 0 radical (unpaired) electrons. The van der Waals surface area contributed by atoms with Gasteiger partial charge in [0.15, 0.2) is 5.78 Å². The van der Waals surface area contributed by atoms with Crippen LogP contribution in [0.3, 0.4) is 0 Å². The second kappa shape index (κ2) is 7.45. The third-order valence-electron chi connectivity index (χ3n) is 3.81. The lowest BCUT2D eigenvalue weighted by Gasteiger charge is -2.12. The third kappa shape index (κ3) is 3.58. The van der Waals surface area contributed by atoms with Gasteiger partial charge in [-0.1, -0.05) is 54.6 Å². The van der Waals surface area contributed by atoms with Crippen molar-refractivity contribution in [1.82, 2.24) is 0 Å². The van der Waals surface area contributed by atoms with E-state index in [2.05, 4.69) is 5.32 Å². The molecule has 0 aromatic heterocycles. The third-order valence-corrected chi connectivity index (χ3v) is 3.81. The zero-order valence-electron chi connectivity index (χ0n) is 13.7. The zero-order chi connectivity index (χ0) is 17.6. The Kier molecular flexibility index (Phi) is 4.90. The molecule has 1 amide bonds. The van der Waals surface area contributed by atoms with Crippen molar-refractivity contribution in [3.63, 3.8) is 0 Å². The molecule has 4 heteroatoms. The number of para-hydroxylation sites is 2. The fraction of sp³-hybridized carbons (Fsp3) is 0.0476. The first kappa shape index (κ1) is 16.5. The number of methoxy groups -OCH3 is 1. The Morgan fingerprint density at radius 3 is 2.08 bits per heavy atom. The quantitative estimate of drug-likeness (QED) is 0.714. The number of anilines is 1. The monoisotopic (exact) mass is 331 g/mol. The lowest BCUT2D eigenvalue weighted by atomic mass is 10.0. The highest BCUT2D eigenvalue weighted by Crippen LogP contribution is 2.23. The molecule has 25 heavy (non-hydrogen) atoms. The van der Waals surface area contributed by atoms with Crippen molar-refractivity contribution in [2.45, 2.75) is 0 Å². The van der Waals surface area contributed by atoms with Gasteiger partial charge in [0.2, 0.25) is 0 Å². The molecule has 0 aliphatic heterocycles. The van der Waals surface area contributed by atoms with Gasteiger partial charge in [-0.15, -0.1) is 0 Å². The highest BCUT2D eigenvalue weighted by Gasteiger charge is 2.17. The van der Waals surface area contributed by atoms with Crippen LogP contribution in [-0.2, 0) is 0 Å². The Labute approximate surface area is 146 Å². The molecular weight excluding hydrogens is 314 g/mol. The van der Waals surface area contributed by atoms with Gasteiger partial charge < -0.3 is 10.1 Å². The zero-order valence-corrected chi connectivity index (χ0v) is 13.7. The summed E-state index contributed by atoms with van der Waals surface area (Å²) in [6, 6.07) is 22.9. The summed E-state index contributed by atoms with van der Waals surface area (Å²) in [7, 11) is 1.51. The largest absolute Gasteiger partial charge is 0.496 e. The first-order valence-corrected chi connectivity index (χ1v) is 7.84. The van der Waals surface area contributed by atoms with E-state index < -0.39 is 0 Å². The molecule has 0 heterocycles. The number of rotatable bonds is 5. The standard InChI is InChI=1S/C21H17NO3/c1-25-19-14-8-6-12-17(19)21(24)22-18-13-7-5-11-16(18)20(23)15-9-3-2-4-10-15/h2-14H,1H3,(H,22,24). The molecule has 3 aromatic carbocycles. The summed E-state index contributed by atoms with van der Waals surface area (Å²) >= 11 is 0. The molecule has 0 aliphatic rings. The normalized spacial score (nSPS) is 10.1. The number of hydrogen-bond donors (Lipinski definition) is 1. The number of nitrogens with one attached hydrogen (secondary N) is 1. The Morgan fingerprint density at radius 2 is 1.36 bits per heavy atom. The minimum atomic E-state index is -0.328. The molecule has 124 valence electrons. The van der Waals surface area contributed by atoms with E-state index in [-0.39, 0.29) is 11.7 Å². The molecule has 0 bridgehead atoms. The SMILES string of the molecule is COc1ccccc1C(=O)Nc1ccccc1C(=O)c1ccccc1. The number of carbonyl (C=O) groups is 2. The minimum Gasteiger partial charge on any atom is -0.496 e. The summed E-state index contributed by atoms with van der Waals surface area (Å²) in [4.78, 5) is 25.3. The van der Waals surface area contributed by atoms with E-state index in [0.717, 1.165) is 0 Å². The van der Waals surface area contributed by atoms with Crippen LogP contribution in [0.5, 0.6) is 5.75 Å². The molecule has 0 fully saturated rings. The number of ether oxygens (including phenoxy) is 1. The molecule has 0 saturated heterocycles. The lowest BCUT2D eigenvalue weighted by molar-refractivity contribution is 0.102. The first-order chi connectivity index (χ1) is 12.2. The minimum absolute atomic E-state index is 0.142. The van der Waals surface area contributed by atoms with Crippen molar-refractivity contribution in [3.8, 4) is 5.75 Å². The molecule has 3 rings (SSSR count).